The first kappa shape index (κ1) is 12.9. The fourth-order valence-electron chi connectivity index (χ4n) is 0.881. The first-order valence-electron chi connectivity index (χ1n) is 4.37. The number of hydrogen-bond donors (Lipinski definition) is 4. The van der Waals surface area contributed by atoms with Crippen LogP contribution in [0.1, 0.15) is 13.3 Å². The second-order valence-electron chi connectivity index (χ2n) is 3.06. The Balaban J connectivity index is 4.08. The largest absolute Gasteiger partial charge is 0.480 e. The first-order chi connectivity index (χ1) is 6.52. The van der Waals surface area contributed by atoms with E-state index >= 15 is 0 Å². The summed E-state index contributed by atoms with van der Waals surface area (Å²) in [4.78, 5) is 21.7. The van der Waals surface area contributed by atoms with Crippen LogP contribution in [0.25, 0.3) is 0 Å². The normalized spacial score (nSPS) is 14.5. The average Bonchev–Trinajstić information content (AvgIpc) is 2.13. The lowest BCUT2D eigenvalue weighted by Crippen LogP contribution is -2.45. The quantitative estimate of drug-likeness (QED) is 0.422. The van der Waals surface area contributed by atoms with Crippen molar-refractivity contribution in [3.63, 3.8) is 0 Å². The molecule has 82 valence electrons. The molecule has 1 amide bonds. The van der Waals surface area contributed by atoms with Gasteiger partial charge in [-0.1, -0.05) is 6.92 Å². The molecule has 0 radical (unpaired) electrons. The summed E-state index contributed by atoms with van der Waals surface area (Å²) in [6, 6.07) is -1.23. The molecular weight excluding hydrogens is 188 g/mol. The summed E-state index contributed by atoms with van der Waals surface area (Å²) in [5.41, 5.74) is 5.24. The van der Waals surface area contributed by atoms with E-state index in [1.807, 2.05) is 0 Å². The molecule has 0 aromatic rings. The van der Waals surface area contributed by atoms with Crippen LogP contribution in [-0.2, 0) is 9.59 Å². The van der Waals surface area contributed by atoms with Crippen molar-refractivity contribution in [2.24, 2.45) is 11.7 Å². The van der Waals surface area contributed by atoms with Crippen molar-refractivity contribution in [3.8, 4) is 0 Å². The highest BCUT2D eigenvalue weighted by atomic mass is 16.4. The Hall–Kier alpha value is -1.14. The van der Waals surface area contributed by atoms with Gasteiger partial charge in [0.25, 0.3) is 0 Å². The van der Waals surface area contributed by atoms with Crippen LogP contribution >= 0.6 is 0 Å². The number of aliphatic hydroxyl groups is 1. The van der Waals surface area contributed by atoms with E-state index in [1.54, 1.807) is 6.92 Å². The lowest BCUT2D eigenvalue weighted by molar-refractivity contribution is -0.143. The number of amides is 1. The molecule has 0 aliphatic carbocycles. The SMILES string of the molecule is CC(CCN)C(=O)NC(CO)C(=O)O. The van der Waals surface area contributed by atoms with Crippen LogP contribution in [0, 0.1) is 5.92 Å². The van der Waals surface area contributed by atoms with Crippen molar-refractivity contribution in [2.45, 2.75) is 19.4 Å². The molecule has 0 aliphatic rings. The van der Waals surface area contributed by atoms with Crippen molar-refractivity contribution in [1.29, 1.82) is 0 Å². The Bertz CT molecular complexity index is 208. The average molecular weight is 204 g/mol. The zero-order chi connectivity index (χ0) is 11.1. The highest BCUT2D eigenvalue weighted by molar-refractivity contribution is 5.84. The van der Waals surface area contributed by atoms with E-state index in [9.17, 15) is 9.59 Å². The molecule has 5 N–H and O–H groups in total. The second kappa shape index (κ2) is 6.33. The minimum absolute atomic E-state index is 0.339. The highest BCUT2D eigenvalue weighted by Crippen LogP contribution is 2.00. The number of carbonyl (C=O) groups excluding carboxylic acids is 1. The van der Waals surface area contributed by atoms with Crippen LogP contribution in [0.3, 0.4) is 0 Å². The molecule has 0 aromatic heterocycles. The summed E-state index contributed by atoms with van der Waals surface area (Å²) < 4.78 is 0. The number of carboxylic acids is 1. The van der Waals surface area contributed by atoms with Gasteiger partial charge in [0, 0.05) is 5.92 Å². The van der Waals surface area contributed by atoms with Gasteiger partial charge in [-0.15, -0.1) is 0 Å². The van der Waals surface area contributed by atoms with Crippen LogP contribution in [0.5, 0.6) is 0 Å². The molecule has 0 fully saturated rings. The smallest absolute Gasteiger partial charge is 0.328 e. The summed E-state index contributed by atoms with van der Waals surface area (Å²) in [7, 11) is 0. The number of hydrogen-bond acceptors (Lipinski definition) is 4. The molecule has 6 heteroatoms. The maximum absolute atomic E-state index is 11.3. The molecule has 2 unspecified atom stereocenters. The number of carboxylic acid groups (broad SMARTS) is 1. The van der Waals surface area contributed by atoms with Crippen molar-refractivity contribution in [1.82, 2.24) is 5.32 Å². The fraction of sp³-hybridized carbons (Fsp3) is 0.750. The molecule has 2 atom stereocenters. The Labute approximate surface area is 82.1 Å². The van der Waals surface area contributed by atoms with Gasteiger partial charge < -0.3 is 21.3 Å². The van der Waals surface area contributed by atoms with E-state index in [0.717, 1.165) is 0 Å². The van der Waals surface area contributed by atoms with Gasteiger partial charge in [-0.3, -0.25) is 4.79 Å². The van der Waals surface area contributed by atoms with Gasteiger partial charge in [-0.05, 0) is 13.0 Å². The van der Waals surface area contributed by atoms with Gasteiger partial charge in [0.2, 0.25) is 5.91 Å². The standard InChI is InChI=1S/C8H16N2O4/c1-5(2-3-9)7(12)10-6(4-11)8(13)14/h5-6,11H,2-4,9H2,1H3,(H,10,12)(H,13,14). The molecule has 0 saturated carbocycles. The third-order valence-electron chi connectivity index (χ3n) is 1.84. The van der Waals surface area contributed by atoms with Crippen LogP contribution in [0.4, 0.5) is 0 Å². The van der Waals surface area contributed by atoms with Gasteiger partial charge >= 0.3 is 5.97 Å². The first-order valence-corrected chi connectivity index (χ1v) is 4.37. The zero-order valence-corrected chi connectivity index (χ0v) is 8.06. The van der Waals surface area contributed by atoms with E-state index in [-0.39, 0.29) is 5.92 Å². The van der Waals surface area contributed by atoms with E-state index in [1.165, 1.54) is 0 Å². The van der Waals surface area contributed by atoms with E-state index in [0.29, 0.717) is 13.0 Å². The summed E-state index contributed by atoms with van der Waals surface area (Å²) in [6.07, 6.45) is 0.490. The van der Waals surface area contributed by atoms with Crippen LogP contribution in [-0.4, -0.2) is 41.3 Å². The molecule has 0 rings (SSSR count). The summed E-state index contributed by atoms with van der Waals surface area (Å²) in [5.74, 6) is -1.99. The van der Waals surface area contributed by atoms with Crippen molar-refractivity contribution in [2.75, 3.05) is 13.2 Å². The predicted molar refractivity (Wildman–Crippen MR) is 49.5 cm³/mol. The van der Waals surface area contributed by atoms with Crippen LogP contribution in [0.15, 0.2) is 0 Å². The van der Waals surface area contributed by atoms with E-state index < -0.39 is 24.5 Å². The number of aliphatic hydroxyl groups excluding tert-OH is 1. The Morgan fingerprint density at radius 2 is 2.07 bits per heavy atom. The van der Waals surface area contributed by atoms with Crippen molar-refractivity contribution < 1.29 is 19.8 Å². The third kappa shape index (κ3) is 4.20. The van der Waals surface area contributed by atoms with Crippen LogP contribution < -0.4 is 11.1 Å². The van der Waals surface area contributed by atoms with Gasteiger partial charge in [-0.25, -0.2) is 4.79 Å². The summed E-state index contributed by atoms with van der Waals surface area (Å²) >= 11 is 0. The number of aliphatic carboxylic acids is 1. The van der Waals surface area contributed by atoms with Gasteiger partial charge in [0.15, 0.2) is 0 Å². The number of carbonyl (C=O) groups is 2. The third-order valence-corrected chi connectivity index (χ3v) is 1.84. The summed E-state index contributed by atoms with van der Waals surface area (Å²) in [6.45, 7) is 1.40. The number of nitrogens with one attached hydrogen (secondary N) is 1. The van der Waals surface area contributed by atoms with E-state index in [4.69, 9.17) is 15.9 Å². The molecule has 0 heterocycles. The van der Waals surface area contributed by atoms with Crippen LogP contribution in [0.2, 0.25) is 0 Å². The molecular formula is C8H16N2O4. The highest BCUT2D eigenvalue weighted by Gasteiger charge is 2.21. The maximum atomic E-state index is 11.3. The Morgan fingerprint density at radius 3 is 2.43 bits per heavy atom. The van der Waals surface area contributed by atoms with Crippen molar-refractivity contribution in [3.05, 3.63) is 0 Å². The Kier molecular flexibility index (Phi) is 5.82. The van der Waals surface area contributed by atoms with Gasteiger partial charge in [-0.2, -0.15) is 0 Å². The molecule has 0 aromatic carbocycles. The lowest BCUT2D eigenvalue weighted by Gasteiger charge is -2.15. The number of nitrogens with two attached hydrogens (primary N) is 1. The second-order valence-corrected chi connectivity index (χ2v) is 3.06. The van der Waals surface area contributed by atoms with Crippen molar-refractivity contribution >= 4 is 11.9 Å². The Morgan fingerprint density at radius 1 is 1.50 bits per heavy atom. The lowest BCUT2D eigenvalue weighted by atomic mass is 10.1. The molecule has 0 aliphatic heterocycles. The predicted octanol–water partition coefficient (Wildman–Crippen LogP) is -1.47. The molecule has 0 saturated heterocycles. The molecule has 14 heavy (non-hydrogen) atoms. The topological polar surface area (TPSA) is 113 Å². The van der Waals surface area contributed by atoms with Gasteiger partial charge in [0.1, 0.15) is 6.04 Å². The minimum Gasteiger partial charge on any atom is -0.480 e. The van der Waals surface area contributed by atoms with E-state index in [2.05, 4.69) is 5.32 Å². The monoisotopic (exact) mass is 204 g/mol. The number of rotatable bonds is 6. The summed E-state index contributed by atoms with van der Waals surface area (Å²) in [5, 5.41) is 19.4. The fourth-order valence-corrected chi connectivity index (χ4v) is 0.881. The van der Waals surface area contributed by atoms with Gasteiger partial charge in [0.05, 0.1) is 6.61 Å². The molecule has 0 bridgehead atoms. The molecule has 6 nitrogen and oxygen atoms in total. The zero-order valence-electron chi connectivity index (χ0n) is 8.06. The maximum Gasteiger partial charge on any atom is 0.328 e. The minimum atomic E-state index is -1.25. The molecule has 0 spiro atoms.